The molecule has 0 aromatic heterocycles. The lowest BCUT2D eigenvalue weighted by Gasteiger charge is -2.30. The molecule has 0 bridgehead atoms. The molecule has 0 aromatic rings. The molecule has 0 N–H and O–H groups in total. The predicted molar refractivity (Wildman–Crippen MR) is 81.5 cm³/mol. The van der Waals surface area contributed by atoms with Gasteiger partial charge in [-0.25, -0.2) is 4.39 Å². The standard InChI is InChI=1S/C14H24F8O4Si/c1-4-24-27(25-5-2,26-6-3)9-7-8-23-14(21,22)13(19,20)11(15)10-12(16,17)18/h11H,4-10H2,1-3H3. The van der Waals surface area contributed by atoms with E-state index in [2.05, 4.69) is 4.74 Å². The highest BCUT2D eigenvalue weighted by atomic mass is 28.4. The van der Waals surface area contributed by atoms with E-state index in [0.29, 0.717) is 0 Å². The minimum atomic E-state index is -5.64. The van der Waals surface area contributed by atoms with Gasteiger partial charge in [0.15, 0.2) is 6.17 Å². The number of ether oxygens (including phenoxy) is 1. The van der Waals surface area contributed by atoms with Crippen LogP contribution in [-0.4, -0.2) is 59.6 Å². The summed E-state index contributed by atoms with van der Waals surface area (Å²) in [6.45, 7) is 4.54. The van der Waals surface area contributed by atoms with Crippen LogP contribution in [-0.2, 0) is 18.0 Å². The van der Waals surface area contributed by atoms with Crippen LogP contribution in [0, 0.1) is 0 Å². The van der Waals surface area contributed by atoms with Crippen molar-refractivity contribution in [3.63, 3.8) is 0 Å². The topological polar surface area (TPSA) is 36.9 Å². The van der Waals surface area contributed by atoms with Crippen molar-refractivity contribution >= 4 is 8.80 Å². The van der Waals surface area contributed by atoms with Crippen LogP contribution in [0.25, 0.3) is 0 Å². The van der Waals surface area contributed by atoms with Crippen LogP contribution < -0.4 is 0 Å². The van der Waals surface area contributed by atoms with Crippen LogP contribution in [0.1, 0.15) is 33.6 Å². The first kappa shape index (κ1) is 26.5. The van der Waals surface area contributed by atoms with Gasteiger partial charge >= 0.3 is 27.0 Å². The summed E-state index contributed by atoms with van der Waals surface area (Å²) in [5, 5.41) is 0. The maximum absolute atomic E-state index is 13.4. The van der Waals surface area contributed by atoms with E-state index >= 15 is 0 Å². The molecule has 0 spiro atoms. The van der Waals surface area contributed by atoms with Gasteiger partial charge in [-0.05, 0) is 27.2 Å². The summed E-state index contributed by atoms with van der Waals surface area (Å²) < 4.78 is 123. The summed E-state index contributed by atoms with van der Waals surface area (Å²) in [5.41, 5.74) is 0. The second-order valence-electron chi connectivity index (χ2n) is 5.36. The maximum Gasteiger partial charge on any atom is 0.501 e. The highest BCUT2D eigenvalue weighted by molar-refractivity contribution is 6.60. The van der Waals surface area contributed by atoms with Crippen LogP contribution in [0.15, 0.2) is 0 Å². The van der Waals surface area contributed by atoms with Gasteiger partial charge in [0.2, 0.25) is 0 Å². The van der Waals surface area contributed by atoms with Gasteiger partial charge in [-0.3, -0.25) is 0 Å². The molecular weight excluding hydrogens is 412 g/mol. The summed E-state index contributed by atoms with van der Waals surface area (Å²) in [6.07, 6.45) is -17.9. The van der Waals surface area contributed by atoms with Gasteiger partial charge in [-0.2, -0.15) is 30.7 Å². The number of halogens is 8. The fourth-order valence-electron chi connectivity index (χ4n) is 2.10. The summed E-state index contributed by atoms with van der Waals surface area (Å²) in [5.74, 6) is -5.64. The van der Waals surface area contributed by atoms with Gasteiger partial charge in [0.1, 0.15) is 0 Å². The zero-order valence-electron chi connectivity index (χ0n) is 15.2. The van der Waals surface area contributed by atoms with Crippen molar-refractivity contribution in [3.05, 3.63) is 0 Å². The van der Waals surface area contributed by atoms with Crippen molar-refractivity contribution in [2.45, 2.75) is 64.0 Å². The molecule has 0 aliphatic rings. The van der Waals surface area contributed by atoms with Gasteiger partial charge in [0.25, 0.3) is 0 Å². The third-order valence-electron chi connectivity index (χ3n) is 3.20. The molecule has 0 heterocycles. The van der Waals surface area contributed by atoms with E-state index in [1.807, 2.05) is 0 Å². The lowest BCUT2D eigenvalue weighted by molar-refractivity contribution is -0.366. The van der Waals surface area contributed by atoms with Crippen molar-refractivity contribution in [2.75, 3.05) is 26.4 Å². The molecule has 0 aliphatic heterocycles. The fraction of sp³-hybridized carbons (Fsp3) is 1.00. The first-order valence-electron chi connectivity index (χ1n) is 8.29. The zero-order chi connectivity index (χ0) is 21.4. The van der Waals surface area contributed by atoms with Crippen molar-refractivity contribution in [1.29, 1.82) is 0 Å². The Morgan fingerprint density at radius 3 is 1.63 bits per heavy atom. The van der Waals surface area contributed by atoms with E-state index in [1.165, 1.54) is 0 Å². The van der Waals surface area contributed by atoms with Crippen molar-refractivity contribution in [1.82, 2.24) is 0 Å². The van der Waals surface area contributed by atoms with Crippen LogP contribution >= 0.6 is 0 Å². The Morgan fingerprint density at radius 2 is 1.26 bits per heavy atom. The third-order valence-corrected chi connectivity index (χ3v) is 6.35. The summed E-state index contributed by atoms with van der Waals surface area (Å²) in [4.78, 5) is 0. The van der Waals surface area contributed by atoms with E-state index in [-0.39, 0.29) is 32.3 Å². The summed E-state index contributed by atoms with van der Waals surface area (Å²) in [7, 11) is -3.23. The largest absolute Gasteiger partial charge is 0.501 e. The Labute approximate surface area is 153 Å². The number of hydrogen-bond acceptors (Lipinski definition) is 4. The van der Waals surface area contributed by atoms with Crippen molar-refractivity contribution < 1.29 is 53.1 Å². The monoisotopic (exact) mass is 436 g/mol. The molecule has 0 fully saturated rings. The molecule has 1 atom stereocenters. The summed E-state index contributed by atoms with van der Waals surface area (Å²) >= 11 is 0. The van der Waals surface area contributed by atoms with E-state index in [1.54, 1.807) is 20.8 Å². The number of alkyl halides is 8. The fourth-order valence-corrected chi connectivity index (χ4v) is 4.68. The van der Waals surface area contributed by atoms with Gasteiger partial charge in [0.05, 0.1) is 13.0 Å². The number of rotatable bonds is 14. The third kappa shape index (κ3) is 8.58. The van der Waals surface area contributed by atoms with E-state index in [4.69, 9.17) is 13.3 Å². The van der Waals surface area contributed by atoms with Crippen LogP contribution in [0.2, 0.25) is 6.04 Å². The van der Waals surface area contributed by atoms with E-state index in [0.717, 1.165) is 0 Å². The Kier molecular flexibility index (Phi) is 10.7. The smallest absolute Gasteiger partial charge is 0.374 e. The lowest BCUT2D eigenvalue weighted by Crippen LogP contribution is -2.51. The normalized spacial score (nSPS) is 15.2. The molecule has 0 aliphatic carbocycles. The molecule has 0 saturated carbocycles. The highest BCUT2D eigenvalue weighted by Crippen LogP contribution is 2.43. The van der Waals surface area contributed by atoms with Crippen molar-refractivity contribution in [3.8, 4) is 0 Å². The minimum Gasteiger partial charge on any atom is -0.374 e. The van der Waals surface area contributed by atoms with E-state index in [9.17, 15) is 35.1 Å². The molecule has 164 valence electrons. The van der Waals surface area contributed by atoms with Gasteiger partial charge in [-0.15, -0.1) is 0 Å². The van der Waals surface area contributed by atoms with Crippen LogP contribution in [0.3, 0.4) is 0 Å². The Morgan fingerprint density at radius 1 is 0.815 bits per heavy atom. The average Bonchev–Trinajstić information content (AvgIpc) is 2.50. The molecule has 27 heavy (non-hydrogen) atoms. The molecule has 0 amide bonds. The second kappa shape index (κ2) is 10.9. The van der Waals surface area contributed by atoms with Crippen LogP contribution in [0.4, 0.5) is 35.1 Å². The predicted octanol–water partition coefficient (Wildman–Crippen LogP) is 4.96. The Hall–Kier alpha value is -0.503. The van der Waals surface area contributed by atoms with Gasteiger partial charge in [0, 0.05) is 25.9 Å². The molecule has 0 aromatic carbocycles. The SMILES string of the molecule is CCO[Si](CCCOC(F)(F)C(F)(F)C(F)CC(F)(F)F)(OCC)OCC. The van der Waals surface area contributed by atoms with Crippen molar-refractivity contribution in [2.24, 2.45) is 0 Å². The first-order chi connectivity index (χ1) is 12.3. The Balaban J connectivity index is 4.83. The molecule has 13 heteroatoms. The maximum atomic E-state index is 13.4. The molecular formula is C14H24F8O4Si. The lowest BCUT2D eigenvalue weighted by atomic mass is 10.1. The minimum absolute atomic E-state index is 0.0498. The molecule has 4 nitrogen and oxygen atoms in total. The number of hydrogen-bond donors (Lipinski definition) is 0. The zero-order valence-corrected chi connectivity index (χ0v) is 16.2. The highest BCUT2D eigenvalue weighted by Gasteiger charge is 2.65. The second-order valence-corrected chi connectivity index (χ2v) is 8.09. The van der Waals surface area contributed by atoms with E-state index < -0.39 is 46.2 Å². The first-order valence-corrected chi connectivity index (χ1v) is 10.2. The molecule has 1 unspecified atom stereocenters. The average molecular weight is 436 g/mol. The van der Waals surface area contributed by atoms with Gasteiger partial charge < -0.3 is 18.0 Å². The summed E-state index contributed by atoms with van der Waals surface area (Å²) in [6, 6.07) is -0.0498. The quantitative estimate of drug-likeness (QED) is 0.219. The van der Waals surface area contributed by atoms with Gasteiger partial charge in [-0.1, -0.05) is 0 Å². The molecule has 0 radical (unpaired) electrons. The molecule has 0 saturated heterocycles. The molecule has 0 rings (SSSR count). The Bertz CT molecular complexity index is 405. The van der Waals surface area contributed by atoms with Crippen LogP contribution in [0.5, 0.6) is 0 Å².